The van der Waals surface area contributed by atoms with Gasteiger partial charge in [0.1, 0.15) is 0 Å². The van der Waals surface area contributed by atoms with Crippen molar-refractivity contribution in [3.05, 3.63) is 53.6 Å². The van der Waals surface area contributed by atoms with Gasteiger partial charge in [-0.15, -0.1) is 0 Å². The first kappa shape index (κ1) is 24.3. The maximum absolute atomic E-state index is 12.9. The third-order valence-corrected chi connectivity index (χ3v) is 8.39. The van der Waals surface area contributed by atoms with E-state index in [-0.39, 0.29) is 11.7 Å². The summed E-state index contributed by atoms with van der Waals surface area (Å²) in [5.74, 6) is 1.18. The van der Waals surface area contributed by atoms with Gasteiger partial charge in [0.25, 0.3) is 5.91 Å². The van der Waals surface area contributed by atoms with Gasteiger partial charge in [0, 0.05) is 30.0 Å². The molecule has 34 heavy (non-hydrogen) atoms. The topological polar surface area (TPSA) is 99.7 Å². The molecule has 0 atom stereocenters. The minimum atomic E-state index is -3.32. The highest BCUT2D eigenvalue weighted by atomic mass is 32.2. The Morgan fingerprint density at radius 3 is 2.68 bits per heavy atom. The van der Waals surface area contributed by atoms with Crippen LogP contribution in [-0.2, 0) is 9.84 Å². The summed E-state index contributed by atoms with van der Waals surface area (Å²) >= 11 is 0. The second-order valence-corrected chi connectivity index (χ2v) is 11.4. The normalized spacial score (nSPS) is 16.6. The molecule has 2 aliphatic rings. The summed E-state index contributed by atoms with van der Waals surface area (Å²) in [6, 6.07) is 12.4. The van der Waals surface area contributed by atoms with Crippen LogP contribution in [0.4, 0.5) is 11.4 Å². The summed E-state index contributed by atoms with van der Waals surface area (Å²) in [6.07, 6.45) is 7.72. The van der Waals surface area contributed by atoms with Crippen LogP contribution in [0.3, 0.4) is 0 Å². The van der Waals surface area contributed by atoms with Crippen LogP contribution in [0.25, 0.3) is 0 Å². The Morgan fingerprint density at radius 1 is 1.12 bits per heavy atom. The van der Waals surface area contributed by atoms with Crippen molar-refractivity contribution < 1.29 is 13.2 Å². The number of carbonyl (C=O) groups excluding carboxylic acids is 1. The monoisotopic (exact) mass is 482 g/mol. The quantitative estimate of drug-likeness (QED) is 0.512. The molecular formula is C26H34N4O3S. The number of carbonyl (C=O) groups is 1. The lowest BCUT2D eigenvalue weighted by Crippen LogP contribution is -2.43. The summed E-state index contributed by atoms with van der Waals surface area (Å²) in [5, 5.41) is 9.18. The fourth-order valence-electron chi connectivity index (χ4n) is 4.64. The molecule has 182 valence electrons. The van der Waals surface area contributed by atoms with Gasteiger partial charge >= 0.3 is 0 Å². The van der Waals surface area contributed by atoms with E-state index in [0.717, 1.165) is 37.1 Å². The number of anilines is 2. The molecule has 7 nitrogen and oxygen atoms in total. The Bertz CT molecular complexity index is 1150. The standard InChI is InChI=1S/C26H34N4O3S/c1-19-17-21(25(31)30-26-27-14-6-15-28-26)12-13-24(19)29-22-10-4-11-23(18-22)34(32,33)16-5-9-20-7-2-3-8-20/h4,10-13,17-18,20,29H,2-3,5-9,14-16H2,1H3,(H2,27,28,30,31). The van der Waals surface area contributed by atoms with Crippen LogP contribution in [0.5, 0.6) is 0 Å². The molecule has 1 heterocycles. The van der Waals surface area contributed by atoms with E-state index in [1.807, 2.05) is 25.1 Å². The number of nitrogens with zero attached hydrogens (tertiary/aromatic N) is 1. The van der Waals surface area contributed by atoms with Crippen molar-refractivity contribution in [2.24, 2.45) is 10.9 Å². The number of guanidine groups is 1. The molecule has 3 N–H and O–H groups in total. The molecule has 0 unspecified atom stereocenters. The van der Waals surface area contributed by atoms with Gasteiger partial charge in [0.05, 0.1) is 10.6 Å². The third-order valence-electron chi connectivity index (χ3n) is 6.59. The van der Waals surface area contributed by atoms with Crippen LogP contribution < -0.4 is 16.0 Å². The Hall–Kier alpha value is -2.87. The fraction of sp³-hybridized carbons (Fsp3) is 0.462. The van der Waals surface area contributed by atoms with E-state index in [9.17, 15) is 13.2 Å². The molecule has 0 saturated heterocycles. The maximum Gasteiger partial charge on any atom is 0.257 e. The maximum atomic E-state index is 12.9. The molecule has 4 rings (SSSR count). The zero-order valence-electron chi connectivity index (χ0n) is 19.8. The zero-order chi connectivity index (χ0) is 24.0. The predicted octanol–water partition coefficient (Wildman–Crippen LogP) is 4.56. The number of sulfone groups is 1. The van der Waals surface area contributed by atoms with Crippen molar-refractivity contribution in [3.63, 3.8) is 0 Å². The second kappa shape index (κ2) is 11.0. The van der Waals surface area contributed by atoms with Gasteiger partial charge in [-0.25, -0.2) is 8.42 Å². The highest BCUT2D eigenvalue weighted by Crippen LogP contribution is 2.29. The van der Waals surface area contributed by atoms with E-state index >= 15 is 0 Å². The highest BCUT2D eigenvalue weighted by Gasteiger charge is 2.19. The van der Waals surface area contributed by atoms with Crippen LogP contribution in [0.15, 0.2) is 52.4 Å². The molecule has 1 fully saturated rings. The summed E-state index contributed by atoms with van der Waals surface area (Å²) < 4.78 is 25.7. The minimum Gasteiger partial charge on any atom is -0.356 e. The Morgan fingerprint density at radius 2 is 1.94 bits per heavy atom. The number of rotatable bonds is 8. The van der Waals surface area contributed by atoms with Crippen LogP contribution in [0, 0.1) is 12.8 Å². The fourth-order valence-corrected chi connectivity index (χ4v) is 6.02. The molecule has 0 bridgehead atoms. The van der Waals surface area contributed by atoms with Crippen LogP contribution in [0.1, 0.15) is 60.9 Å². The average Bonchev–Trinajstić information content (AvgIpc) is 3.35. The molecule has 2 aromatic carbocycles. The lowest BCUT2D eigenvalue weighted by atomic mass is 10.0. The highest BCUT2D eigenvalue weighted by molar-refractivity contribution is 7.91. The van der Waals surface area contributed by atoms with Gasteiger partial charge in [-0.1, -0.05) is 31.7 Å². The van der Waals surface area contributed by atoms with Gasteiger partial charge < -0.3 is 10.6 Å². The molecule has 0 aromatic heterocycles. The van der Waals surface area contributed by atoms with E-state index in [1.165, 1.54) is 25.7 Å². The first-order valence-electron chi connectivity index (χ1n) is 12.2. The zero-order valence-corrected chi connectivity index (χ0v) is 20.6. The van der Waals surface area contributed by atoms with Crippen molar-refractivity contribution in [2.45, 2.75) is 56.8 Å². The van der Waals surface area contributed by atoms with Crippen molar-refractivity contribution in [2.75, 3.05) is 24.2 Å². The average molecular weight is 483 g/mol. The molecule has 1 aliphatic carbocycles. The van der Waals surface area contributed by atoms with Crippen molar-refractivity contribution >= 4 is 33.1 Å². The van der Waals surface area contributed by atoms with Crippen LogP contribution in [-0.4, -0.2) is 39.1 Å². The molecular weight excluding hydrogens is 448 g/mol. The largest absolute Gasteiger partial charge is 0.356 e. The Balaban J connectivity index is 1.39. The molecule has 2 aromatic rings. The Labute approximate surface area is 202 Å². The smallest absolute Gasteiger partial charge is 0.257 e. The second-order valence-electron chi connectivity index (χ2n) is 9.26. The number of aryl methyl sites for hydroxylation is 1. The molecule has 0 radical (unpaired) electrons. The molecule has 1 aliphatic heterocycles. The van der Waals surface area contributed by atoms with Gasteiger partial charge in [0.15, 0.2) is 15.8 Å². The molecule has 1 saturated carbocycles. The predicted molar refractivity (Wildman–Crippen MR) is 137 cm³/mol. The first-order chi connectivity index (χ1) is 16.4. The minimum absolute atomic E-state index is 0.190. The van der Waals surface area contributed by atoms with Gasteiger partial charge in [-0.3, -0.25) is 15.1 Å². The molecule has 0 spiro atoms. The van der Waals surface area contributed by atoms with Crippen LogP contribution >= 0.6 is 0 Å². The summed E-state index contributed by atoms with van der Waals surface area (Å²) in [6.45, 7) is 3.43. The first-order valence-corrected chi connectivity index (χ1v) is 13.9. The summed E-state index contributed by atoms with van der Waals surface area (Å²) in [4.78, 5) is 17.2. The number of aliphatic imine (C=N–C) groups is 1. The Kier molecular flexibility index (Phi) is 7.88. The number of hydrogen-bond acceptors (Lipinski definition) is 6. The SMILES string of the molecule is Cc1cc(C(=O)NC2=NCCCN2)ccc1Nc1cccc(S(=O)(=O)CCCC2CCCC2)c1. The van der Waals surface area contributed by atoms with E-state index in [0.29, 0.717) is 34.6 Å². The van der Waals surface area contributed by atoms with E-state index in [4.69, 9.17) is 0 Å². The van der Waals surface area contributed by atoms with E-state index < -0.39 is 9.84 Å². The van der Waals surface area contributed by atoms with E-state index in [2.05, 4.69) is 20.9 Å². The van der Waals surface area contributed by atoms with E-state index in [1.54, 1.807) is 24.3 Å². The third kappa shape index (κ3) is 6.38. The summed E-state index contributed by atoms with van der Waals surface area (Å²) in [5.41, 5.74) is 2.95. The van der Waals surface area contributed by atoms with Gasteiger partial charge in [-0.05, 0) is 74.1 Å². The van der Waals surface area contributed by atoms with Crippen molar-refractivity contribution in [3.8, 4) is 0 Å². The molecule has 1 amide bonds. The van der Waals surface area contributed by atoms with Gasteiger partial charge in [-0.2, -0.15) is 0 Å². The lowest BCUT2D eigenvalue weighted by molar-refractivity contribution is 0.0975. The number of benzene rings is 2. The molecule has 8 heteroatoms. The van der Waals surface area contributed by atoms with Crippen molar-refractivity contribution in [1.82, 2.24) is 10.6 Å². The summed E-state index contributed by atoms with van der Waals surface area (Å²) in [7, 11) is -3.32. The van der Waals surface area contributed by atoms with Crippen molar-refractivity contribution in [1.29, 1.82) is 0 Å². The van der Waals surface area contributed by atoms with Gasteiger partial charge in [0.2, 0.25) is 0 Å². The number of hydrogen-bond donors (Lipinski definition) is 3. The van der Waals surface area contributed by atoms with Crippen LogP contribution in [0.2, 0.25) is 0 Å². The number of nitrogens with one attached hydrogen (secondary N) is 3. The lowest BCUT2D eigenvalue weighted by Gasteiger charge is -2.16. The number of amides is 1.